The Morgan fingerprint density at radius 1 is 1.34 bits per heavy atom. The van der Waals surface area contributed by atoms with Crippen LogP contribution in [-0.2, 0) is 9.16 Å². The molecule has 3 atom stereocenters. The molecule has 1 unspecified atom stereocenters. The van der Waals surface area contributed by atoms with Gasteiger partial charge in [0.25, 0.3) is 0 Å². The molecular weight excluding hydrogens is 468 g/mol. The van der Waals surface area contributed by atoms with Crippen molar-refractivity contribution in [2.45, 2.75) is 76.7 Å². The van der Waals surface area contributed by atoms with Crippen molar-refractivity contribution >= 4 is 46.8 Å². The molecule has 2 aliphatic rings. The zero-order chi connectivity index (χ0) is 21.0. The first-order valence-electron chi connectivity index (χ1n) is 10.7. The van der Waals surface area contributed by atoms with Crippen molar-refractivity contribution in [1.82, 2.24) is 9.78 Å². The average molecular weight is 500 g/mol. The van der Waals surface area contributed by atoms with Gasteiger partial charge in [0, 0.05) is 28.1 Å². The van der Waals surface area contributed by atoms with Gasteiger partial charge in [0.2, 0.25) is 0 Å². The lowest BCUT2D eigenvalue weighted by Gasteiger charge is -2.36. The second-order valence-electron chi connectivity index (χ2n) is 10.1. The van der Waals surface area contributed by atoms with Crippen LogP contribution in [0.3, 0.4) is 0 Å². The number of hydrogen-bond acceptors (Lipinski definition) is 3. The number of rotatable bonds is 5. The predicted octanol–water partition coefficient (Wildman–Crippen LogP) is 7.28. The first-order valence-corrected chi connectivity index (χ1v) is 14.8. The summed E-state index contributed by atoms with van der Waals surface area (Å²) in [6, 6.07) is 2.08. The van der Waals surface area contributed by atoms with Crippen LogP contribution in [-0.4, -0.2) is 31.3 Å². The van der Waals surface area contributed by atoms with Crippen LogP contribution in [0.4, 0.5) is 0 Å². The Balaban J connectivity index is 1.53. The second kappa shape index (κ2) is 7.94. The number of benzene rings is 1. The molecule has 29 heavy (non-hydrogen) atoms. The van der Waals surface area contributed by atoms with Gasteiger partial charge in [-0.25, -0.2) is 4.68 Å². The Morgan fingerprint density at radius 2 is 2.10 bits per heavy atom. The number of fused-ring (bicyclic) bond motifs is 1. The van der Waals surface area contributed by atoms with E-state index in [0.29, 0.717) is 11.8 Å². The Bertz CT molecular complexity index is 902. The minimum atomic E-state index is -1.72. The zero-order valence-electron chi connectivity index (χ0n) is 18.1. The Labute approximate surface area is 188 Å². The van der Waals surface area contributed by atoms with E-state index in [1.165, 1.54) is 12.0 Å². The smallest absolute Gasteiger partial charge is 0.191 e. The van der Waals surface area contributed by atoms with Crippen molar-refractivity contribution in [3.63, 3.8) is 0 Å². The van der Waals surface area contributed by atoms with Crippen molar-refractivity contribution in [1.29, 1.82) is 0 Å². The van der Waals surface area contributed by atoms with Crippen LogP contribution in [0.25, 0.3) is 10.9 Å². The molecule has 0 amide bonds. The van der Waals surface area contributed by atoms with Gasteiger partial charge < -0.3 is 9.16 Å². The summed E-state index contributed by atoms with van der Waals surface area (Å²) < 4.78 is 15.5. The molecule has 1 saturated heterocycles. The fourth-order valence-corrected chi connectivity index (χ4v) is 6.26. The van der Waals surface area contributed by atoms with E-state index < -0.39 is 8.32 Å². The normalized spacial score (nSPS) is 25.6. The van der Waals surface area contributed by atoms with E-state index in [4.69, 9.17) is 20.8 Å². The molecule has 2 aromatic rings. The van der Waals surface area contributed by atoms with Gasteiger partial charge in [-0.3, -0.25) is 0 Å². The van der Waals surface area contributed by atoms with E-state index in [2.05, 4.69) is 61.0 Å². The molecule has 0 N–H and O–H groups in total. The van der Waals surface area contributed by atoms with Gasteiger partial charge >= 0.3 is 0 Å². The van der Waals surface area contributed by atoms with Crippen molar-refractivity contribution in [3.05, 3.63) is 27.3 Å². The lowest BCUT2D eigenvalue weighted by molar-refractivity contribution is -0.0366. The second-order valence-corrected chi connectivity index (χ2v) is 16.1. The van der Waals surface area contributed by atoms with E-state index in [1.807, 2.05) is 10.9 Å². The number of ether oxygens (including phenoxy) is 1. The molecule has 2 heterocycles. The highest BCUT2D eigenvalue weighted by molar-refractivity contribution is 9.10. The highest BCUT2D eigenvalue weighted by atomic mass is 79.9. The summed E-state index contributed by atoms with van der Waals surface area (Å²) in [6.45, 7) is 13.1. The average Bonchev–Trinajstić information content (AvgIpc) is 3.28. The van der Waals surface area contributed by atoms with Crippen LogP contribution < -0.4 is 0 Å². The number of halogens is 2. The van der Waals surface area contributed by atoms with Crippen LogP contribution in [0.2, 0.25) is 23.2 Å². The minimum Gasteiger partial charge on any atom is -0.417 e. The minimum absolute atomic E-state index is 0.0155. The molecule has 2 fully saturated rings. The maximum absolute atomic E-state index is 6.80. The lowest BCUT2D eigenvalue weighted by Crippen LogP contribution is -2.41. The third-order valence-corrected chi connectivity index (χ3v) is 12.7. The molecule has 1 aromatic heterocycles. The van der Waals surface area contributed by atoms with E-state index in [1.54, 1.807) is 0 Å². The SMILES string of the molecule is CC(C)(C)[Si](C)(C)OC[C@H]1C[C@H]1c1c(Cl)cc2c(cnn2C2CCCCO2)c1Br. The van der Waals surface area contributed by atoms with Gasteiger partial charge in [-0.05, 0) is 83.2 Å². The first kappa shape index (κ1) is 21.8. The van der Waals surface area contributed by atoms with Gasteiger partial charge in [0.15, 0.2) is 14.5 Å². The Kier molecular flexibility index (Phi) is 5.97. The highest BCUT2D eigenvalue weighted by Crippen LogP contribution is 2.54. The highest BCUT2D eigenvalue weighted by Gasteiger charge is 2.44. The first-order chi connectivity index (χ1) is 13.6. The van der Waals surface area contributed by atoms with E-state index >= 15 is 0 Å². The van der Waals surface area contributed by atoms with Crippen LogP contribution in [0, 0.1) is 5.92 Å². The summed E-state index contributed by atoms with van der Waals surface area (Å²) in [7, 11) is -1.72. The summed E-state index contributed by atoms with van der Waals surface area (Å²) in [6.07, 6.45) is 6.41. The van der Waals surface area contributed by atoms with Crippen molar-refractivity contribution in [3.8, 4) is 0 Å². The third kappa shape index (κ3) is 4.20. The standard InChI is InChI=1S/C22H32BrClN2O2Si/c1-22(2,3)29(4,5)28-13-14-10-15(14)20-17(24)11-18-16(21(20)23)12-25-26(18)19-8-6-7-9-27-19/h11-12,14-15,19H,6-10,13H2,1-5H3/t14-,15-,19?/m1/s1. The molecule has 1 aliphatic heterocycles. The monoisotopic (exact) mass is 498 g/mol. The molecule has 0 radical (unpaired) electrons. The number of hydrogen-bond donors (Lipinski definition) is 0. The Hall–Kier alpha value is -0.403. The van der Waals surface area contributed by atoms with Crippen LogP contribution in [0.5, 0.6) is 0 Å². The molecule has 0 bridgehead atoms. The summed E-state index contributed by atoms with van der Waals surface area (Å²) in [5.41, 5.74) is 2.26. The maximum Gasteiger partial charge on any atom is 0.191 e. The molecule has 4 nitrogen and oxygen atoms in total. The summed E-state index contributed by atoms with van der Waals surface area (Å²) in [4.78, 5) is 0. The molecule has 0 spiro atoms. The summed E-state index contributed by atoms with van der Waals surface area (Å²) in [5, 5.41) is 6.82. The lowest BCUT2D eigenvalue weighted by atomic mass is 10.1. The van der Waals surface area contributed by atoms with Crippen molar-refractivity contribution < 1.29 is 9.16 Å². The molecule has 4 rings (SSSR count). The molecule has 1 aliphatic carbocycles. The molecule has 160 valence electrons. The van der Waals surface area contributed by atoms with Gasteiger partial charge in [-0.2, -0.15) is 5.10 Å². The van der Waals surface area contributed by atoms with Crippen LogP contribution >= 0.6 is 27.5 Å². The van der Waals surface area contributed by atoms with Crippen LogP contribution in [0.15, 0.2) is 16.7 Å². The number of aromatic nitrogens is 2. The van der Waals surface area contributed by atoms with Gasteiger partial charge in [-0.15, -0.1) is 0 Å². The molecular formula is C22H32BrClN2O2Si. The van der Waals surface area contributed by atoms with Gasteiger partial charge in [0.05, 0.1) is 11.7 Å². The fourth-order valence-electron chi connectivity index (χ4n) is 3.94. The van der Waals surface area contributed by atoms with Gasteiger partial charge in [-0.1, -0.05) is 32.4 Å². The Morgan fingerprint density at radius 3 is 2.76 bits per heavy atom. The van der Waals surface area contributed by atoms with E-state index in [0.717, 1.165) is 52.9 Å². The summed E-state index contributed by atoms with van der Waals surface area (Å²) in [5.74, 6) is 1.01. The van der Waals surface area contributed by atoms with Gasteiger partial charge in [0.1, 0.15) is 0 Å². The quantitative estimate of drug-likeness (QED) is 0.406. The van der Waals surface area contributed by atoms with Crippen LogP contribution in [0.1, 0.15) is 64.2 Å². The summed E-state index contributed by atoms with van der Waals surface area (Å²) >= 11 is 10.6. The fraction of sp³-hybridized carbons (Fsp3) is 0.682. The van der Waals surface area contributed by atoms with Crippen molar-refractivity contribution in [2.75, 3.05) is 13.2 Å². The van der Waals surface area contributed by atoms with E-state index in [9.17, 15) is 0 Å². The molecule has 1 aromatic carbocycles. The third-order valence-electron chi connectivity index (χ3n) is 7.01. The largest absolute Gasteiger partial charge is 0.417 e. The predicted molar refractivity (Wildman–Crippen MR) is 125 cm³/mol. The van der Waals surface area contributed by atoms with Crippen molar-refractivity contribution in [2.24, 2.45) is 5.92 Å². The zero-order valence-corrected chi connectivity index (χ0v) is 21.4. The molecule has 7 heteroatoms. The molecule has 1 saturated carbocycles. The maximum atomic E-state index is 6.80. The topological polar surface area (TPSA) is 36.3 Å². The number of nitrogens with zero attached hydrogens (tertiary/aromatic N) is 2. The van der Waals surface area contributed by atoms with E-state index in [-0.39, 0.29) is 11.3 Å².